The number of rotatable bonds is 4. The van der Waals surface area contributed by atoms with E-state index < -0.39 is 0 Å². The molecule has 3 rings (SSSR count). The van der Waals surface area contributed by atoms with Crippen LogP contribution in [0.25, 0.3) is 10.2 Å². The van der Waals surface area contributed by atoms with Gasteiger partial charge in [-0.25, -0.2) is 0 Å². The smallest absolute Gasteiger partial charge is 0.132 e. The van der Waals surface area contributed by atoms with Crippen LogP contribution < -0.4 is 4.90 Å². The fourth-order valence-corrected chi connectivity index (χ4v) is 4.14. The van der Waals surface area contributed by atoms with Crippen molar-refractivity contribution in [1.82, 2.24) is 4.98 Å². The van der Waals surface area contributed by atoms with Crippen LogP contribution in [0, 0.1) is 0 Å². The van der Waals surface area contributed by atoms with E-state index in [1.807, 2.05) is 20.0 Å². The highest BCUT2D eigenvalue weighted by atomic mass is 79.9. The van der Waals surface area contributed by atoms with Gasteiger partial charge in [0.15, 0.2) is 0 Å². The number of anilines is 1. The van der Waals surface area contributed by atoms with Crippen molar-refractivity contribution in [1.29, 1.82) is 0 Å². The van der Waals surface area contributed by atoms with E-state index in [-0.39, 0.29) is 0 Å². The number of halogens is 1. The molecule has 0 N–H and O–H groups in total. The van der Waals surface area contributed by atoms with Gasteiger partial charge >= 0.3 is 0 Å². The summed E-state index contributed by atoms with van der Waals surface area (Å²) < 4.78 is 2.47. The summed E-state index contributed by atoms with van der Waals surface area (Å²) in [5, 5.41) is 0. The van der Waals surface area contributed by atoms with E-state index in [2.05, 4.69) is 37.9 Å². The van der Waals surface area contributed by atoms with Gasteiger partial charge < -0.3 is 4.90 Å². The van der Waals surface area contributed by atoms with Crippen LogP contribution in [0.2, 0.25) is 0 Å². The van der Waals surface area contributed by atoms with Crippen molar-refractivity contribution in [3.05, 3.63) is 22.1 Å². The van der Waals surface area contributed by atoms with Crippen molar-refractivity contribution in [2.45, 2.75) is 46.0 Å². The normalized spacial score (nSPS) is 14.0. The Bertz CT molecular complexity index is 620. The van der Waals surface area contributed by atoms with Crippen LogP contribution in [0.4, 0.5) is 5.69 Å². The van der Waals surface area contributed by atoms with Crippen LogP contribution in [-0.2, 0) is 4.79 Å². The molecule has 1 fully saturated rings. The Kier molecular flexibility index (Phi) is 6.83. The lowest BCUT2D eigenvalue weighted by atomic mass is 10.2. The molecule has 0 unspecified atom stereocenters. The third-order valence-electron chi connectivity index (χ3n) is 3.73. The van der Waals surface area contributed by atoms with Crippen LogP contribution in [0.5, 0.6) is 0 Å². The maximum absolute atomic E-state index is 10.4. The molecule has 1 saturated heterocycles. The lowest BCUT2D eigenvalue weighted by molar-refractivity contribution is -0.118. The Morgan fingerprint density at radius 2 is 2.09 bits per heavy atom. The zero-order chi connectivity index (χ0) is 15.9. The van der Waals surface area contributed by atoms with E-state index in [4.69, 9.17) is 0 Å². The minimum Gasteiger partial charge on any atom is -0.370 e. The first-order valence-electron chi connectivity index (χ1n) is 7.96. The molecule has 0 aromatic carbocycles. The van der Waals surface area contributed by atoms with Gasteiger partial charge in [-0.1, -0.05) is 13.8 Å². The number of carbonyl (C=O) groups excluding carboxylic acids is 1. The summed E-state index contributed by atoms with van der Waals surface area (Å²) in [7, 11) is 0. The van der Waals surface area contributed by atoms with Gasteiger partial charge in [0.25, 0.3) is 0 Å². The minimum atomic E-state index is 0.377. The van der Waals surface area contributed by atoms with E-state index in [0.29, 0.717) is 12.2 Å². The van der Waals surface area contributed by atoms with E-state index in [1.54, 1.807) is 11.3 Å². The second-order valence-corrected chi connectivity index (χ2v) is 7.86. The number of hydrogen-bond acceptors (Lipinski definition) is 4. The van der Waals surface area contributed by atoms with E-state index >= 15 is 0 Å². The molecule has 120 valence electrons. The van der Waals surface area contributed by atoms with Crippen molar-refractivity contribution in [3.8, 4) is 0 Å². The molecular formula is C17H23BrN2OS. The Hall–Kier alpha value is -0.940. The standard InChI is InChI=1S/C11H11BrN2S.C6H12O/c12-10-7-8-11(15-10)9(3-4-13-8)14-5-1-2-6-14;1-3-5-6(7)4-2/h3-4,7H,1-2,5-6H2;3-5H2,1-2H3. The SMILES string of the molecule is Brc1cc2nccc(N3CCCC3)c2s1.CCCC(=O)CC. The van der Waals surface area contributed by atoms with Gasteiger partial charge in [-0.2, -0.15) is 0 Å². The Balaban J connectivity index is 0.000000217. The van der Waals surface area contributed by atoms with Crippen molar-refractivity contribution >= 4 is 49.0 Å². The number of pyridine rings is 1. The molecule has 0 spiro atoms. The zero-order valence-electron chi connectivity index (χ0n) is 13.3. The van der Waals surface area contributed by atoms with Crippen molar-refractivity contribution in [2.24, 2.45) is 0 Å². The summed E-state index contributed by atoms with van der Waals surface area (Å²) in [5.74, 6) is 0.377. The van der Waals surface area contributed by atoms with E-state index in [9.17, 15) is 4.79 Å². The molecule has 0 saturated carbocycles. The molecule has 1 aliphatic rings. The summed E-state index contributed by atoms with van der Waals surface area (Å²) in [5.41, 5.74) is 2.46. The first-order valence-corrected chi connectivity index (χ1v) is 9.57. The lowest BCUT2D eigenvalue weighted by Crippen LogP contribution is -2.17. The largest absolute Gasteiger partial charge is 0.370 e. The molecule has 0 aliphatic carbocycles. The van der Waals surface area contributed by atoms with E-state index in [1.165, 1.54) is 36.3 Å². The molecule has 0 radical (unpaired) electrons. The molecule has 2 aromatic rings. The first kappa shape index (κ1) is 17.4. The van der Waals surface area contributed by atoms with Crippen LogP contribution in [-0.4, -0.2) is 23.9 Å². The van der Waals surface area contributed by atoms with Gasteiger partial charge in [-0.05, 0) is 47.3 Å². The number of thiophene rings is 1. The molecule has 3 heterocycles. The average molecular weight is 383 g/mol. The average Bonchev–Trinajstić information content (AvgIpc) is 3.15. The summed E-state index contributed by atoms with van der Waals surface area (Å²) >= 11 is 5.31. The van der Waals surface area contributed by atoms with Crippen LogP contribution in [0.3, 0.4) is 0 Å². The minimum absolute atomic E-state index is 0.377. The van der Waals surface area contributed by atoms with Crippen molar-refractivity contribution < 1.29 is 4.79 Å². The number of hydrogen-bond donors (Lipinski definition) is 0. The Morgan fingerprint density at radius 1 is 1.36 bits per heavy atom. The summed E-state index contributed by atoms with van der Waals surface area (Å²) in [6.45, 7) is 6.30. The summed E-state index contributed by atoms with van der Waals surface area (Å²) in [6.07, 6.45) is 7.00. The zero-order valence-corrected chi connectivity index (χ0v) is 15.7. The predicted molar refractivity (Wildman–Crippen MR) is 99.0 cm³/mol. The maximum Gasteiger partial charge on any atom is 0.132 e. The molecular weight excluding hydrogens is 360 g/mol. The molecule has 0 amide bonds. The third-order valence-corrected chi connectivity index (χ3v) is 5.38. The second kappa shape index (κ2) is 8.63. The second-order valence-electron chi connectivity index (χ2n) is 5.43. The number of nitrogens with zero attached hydrogens (tertiary/aromatic N) is 2. The number of ketones is 1. The maximum atomic E-state index is 10.4. The molecule has 0 bridgehead atoms. The van der Waals surface area contributed by atoms with E-state index in [0.717, 1.165) is 22.1 Å². The summed E-state index contributed by atoms with van der Waals surface area (Å²) in [6, 6.07) is 4.23. The van der Waals surface area contributed by atoms with Gasteiger partial charge in [0.2, 0.25) is 0 Å². The quantitative estimate of drug-likeness (QED) is 0.706. The molecule has 3 nitrogen and oxygen atoms in total. The van der Waals surface area contributed by atoms with Gasteiger partial charge in [0.1, 0.15) is 5.78 Å². The number of aromatic nitrogens is 1. The number of fused-ring (bicyclic) bond motifs is 1. The van der Waals surface area contributed by atoms with Crippen LogP contribution >= 0.6 is 27.3 Å². The Labute approximate surface area is 144 Å². The van der Waals surface area contributed by atoms with Gasteiger partial charge in [-0.3, -0.25) is 9.78 Å². The molecule has 22 heavy (non-hydrogen) atoms. The fraction of sp³-hybridized carbons (Fsp3) is 0.529. The molecule has 2 aromatic heterocycles. The lowest BCUT2D eigenvalue weighted by Gasteiger charge is -2.17. The summed E-state index contributed by atoms with van der Waals surface area (Å²) in [4.78, 5) is 17.3. The fourth-order valence-electron chi connectivity index (χ4n) is 2.56. The Morgan fingerprint density at radius 3 is 2.68 bits per heavy atom. The first-order chi connectivity index (χ1) is 10.7. The highest BCUT2D eigenvalue weighted by molar-refractivity contribution is 9.11. The van der Waals surface area contributed by atoms with Crippen molar-refractivity contribution in [3.63, 3.8) is 0 Å². The highest BCUT2D eigenvalue weighted by Gasteiger charge is 2.16. The van der Waals surface area contributed by atoms with Crippen molar-refractivity contribution in [2.75, 3.05) is 18.0 Å². The monoisotopic (exact) mass is 382 g/mol. The topological polar surface area (TPSA) is 33.2 Å². The number of Topliss-reactive ketones (excluding diaryl/α,β-unsaturated/α-hetero) is 1. The van der Waals surface area contributed by atoms with Crippen LogP contribution in [0.1, 0.15) is 46.0 Å². The number of carbonyl (C=O) groups is 1. The predicted octanol–water partition coefficient (Wildman–Crippen LogP) is 5.42. The molecule has 1 aliphatic heterocycles. The van der Waals surface area contributed by atoms with Gasteiger partial charge in [-0.15, -0.1) is 11.3 Å². The van der Waals surface area contributed by atoms with Gasteiger partial charge in [0, 0.05) is 32.1 Å². The highest BCUT2D eigenvalue weighted by Crippen LogP contribution is 2.36. The van der Waals surface area contributed by atoms with Crippen LogP contribution in [0.15, 0.2) is 22.1 Å². The third kappa shape index (κ3) is 4.53. The molecule has 5 heteroatoms. The molecule has 0 atom stereocenters. The van der Waals surface area contributed by atoms with Gasteiger partial charge in [0.05, 0.1) is 19.7 Å².